The predicted molar refractivity (Wildman–Crippen MR) is 122 cm³/mol. The molecule has 10 heteroatoms. The van der Waals surface area contributed by atoms with E-state index in [1.54, 1.807) is 17.0 Å². The van der Waals surface area contributed by atoms with Crippen molar-refractivity contribution in [3.63, 3.8) is 0 Å². The number of pyridine rings is 1. The smallest absolute Gasteiger partial charge is 0.330 e. The number of hydrogen-bond donors (Lipinski definition) is 1. The van der Waals surface area contributed by atoms with E-state index in [9.17, 15) is 9.59 Å². The van der Waals surface area contributed by atoms with Crippen LogP contribution < -0.4 is 15.9 Å². The lowest BCUT2D eigenvalue weighted by molar-refractivity contribution is 0.0940. The van der Waals surface area contributed by atoms with Gasteiger partial charge in [0.15, 0.2) is 11.3 Å². The molecule has 1 fully saturated rings. The number of fused-ring (bicyclic) bond motifs is 1. The fraction of sp³-hybridized carbons (Fsp3) is 0.571. The van der Waals surface area contributed by atoms with Crippen LogP contribution in [0.25, 0.3) is 11.2 Å². The van der Waals surface area contributed by atoms with Gasteiger partial charge >= 0.3 is 5.69 Å². The van der Waals surface area contributed by atoms with Gasteiger partial charge in [-0.3, -0.25) is 13.9 Å². The van der Waals surface area contributed by atoms with Crippen LogP contribution in [0, 0.1) is 11.3 Å². The lowest BCUT2D eigenvalue weighted by atomic mass is 9.97. The Bertz CT molecular complexity index is 1130. The quantitative estimate of drug-likeness (QED) is 0.650. The lowest BCUT2D eigenvalue weighted by Crippen LogP contribution is -2.41. The molecule has 1 saturated heterocycles. The molecule has 1 aliphatic rings. The summed E-state index contributed by atoms with van der Waals surface area (Å²) in [5, 5.41) is 8.43. The summed E-state index contributed by atoms with van der Waals surface area (Å²) in [6, 6.07) is 4.01. The molecule has 31 heavy (non-hydrogen) atoms. The molecule has 0 radical (unpaired) electrons. The first-order valence-electron chi connectivity index (χ1n) is 10.6. The zero-order valence-corrected chi connectivity index (χ0v) is 19.3. The van der Waals surface area contributed by atoms with Crippen molar-refractivity contribution in [2.75, 3.05) is 24.5 Å². The van der Waals surface area contributed by atoms with Crippen molar-refractivity contribution in [1.29, 1.82) is 0 Å². The topological polar surface area (TPSA) is 97.9 Å². The Morgan fingerprint density at radius 3 is 2.84 bits per heavy atom. The Morgan fingerprint density at radius 2 is 2.13 bits per heavy atom. The van der Waals surface area contributed by atoms with Gasteiger partial charge in [-0.05, 0) is 47.8 Å². The average Bonchev–Trinajstić information content (AvgIpc) is 3.35. The number of imidazole rings is 1. The van der Waals surface area contributed by atoms with Crippen molar-refractivity contribution in [3.05, 3.63) is 33.7 Å². The number of rotatable bonds is 5. The second-order valence-electron chi connectivity index (χ2n) is 9.46. The normalized spacial score (nSPS) is 17.3. The number of nitrogens with one attached hydrogen (secondary N) is 1. The standard InChI is InChI=1S/C21H29N7O2S/c1-21(2,3)13-28-16-7-8-17(23-18(16)26(4)20(28)30)27-9-5-6-14(11-27)10-22-19(29)15-12-31-25-24-15/h7-8,12,14H,5-6,9-11,13H2,1-4H3,(H,22,29). The van der Waals surface area contributed by atoms with Crippen LogP contribution in [0.2, 0.25) is 0 Å². The molecule has 166 valence electrons. The summed E-state index contributed by atoms with van der Waals surface area (Å²) in [4.78, 5) is 32.0. The van der Waals surface area contributed by atoms with Crippen LogP contribution in [0.5, 0.6) is 0 Å². The van der Waals surface area contributed by atoms with Gasteiger partial charge in [0, 0.05) is 38.6 Å². The first-order valence-corrected chi connectivity index (χ1v) is 11.4. The third kappa shape index (κ3) is 4.63. The number of anilines is 1. The average molecular weight is 444 g/mol. The monoisotopic (exact) mass is 443 g/mol. The van der Waals surface area contributed by atoms with Crippen molar-refractivity contribution in [2.24, 2.45) is 18.4 Å². The van der Waals surface area contributed by atoms with Gasteiger partial charge in [-0.25, -0.2) is 9.78 Å². The van der Waals surface area contributed by atoms with E-state index in [1.807, 2.05) is 16.7 Å². The summed E-state index contributed by atoms with van der Waals surface area (Å²) in [5.74, 6) is 1.02. The van der Waals surface area contributed by atoms with Gasteiger partial charge in [-0.15, -0.1) is 5.10 Å². The van der Waals surface area contributed by atoms with Crippen molar-refractivity contribution < 1.29 is 4.79 Å². The van der Waals surface area contributed by atoms with Crippen LogP contribution in [-0.2, 0) is 13.6 Å². The first kappa shape index (κ1) is 21.5. The minimum Gasteiger partial charge on any atom is -0.356 e. The van der Waals surface area contributed by atoms with Crippen LogP contribution in [0.15, 0.2) is 22.3 Å². The molecule has 1 unspecified atom stereocenters. The second kappa shape index (κ2) is 8.41. The molecular weight excluding hydrogens is 414 g/mol. The van der Waals surface area contributed by atoms with Crippen LogP contribution in [0.3, 0.4) is 0 Å². The summed E-state index contributed by atoms with van der Waals surface area (Å²) < 4.78 is 7.18. The van der Waals surface area contributed by atoms with E-state index < -0.39 is 0 Å². The van der Waals surface area contributed by atoms with Gasteiger partial charge in [0.1, 0.15) is 5.82 Å². The Balaban J connectivity index is 1.49. The summed E-state index contributed by atoms with van der Waals surface area (Å²) in [6.07, 6.45) is 2.08. The minimum atomic E-state index is -0.180. The zero-order chi connectivity index (χ0) is 22.2. The van der Waals surface area contributed by atoms with Gasteiger partial charge < -0.3 is 10.2 Å². The number of carbonyl (C=O) groups excluding carboxylic acids is 1. The van der Waals surface area contributed by atoms with Gasteiger partial charge in [0.05, 0.1) is 5.52 Å². The molecule has 0 aromatic carbocycles. The van der Waals surface area contributed by atoms with E-state index in [4.69, 9.17) is 4.98 Å². The Labute approximate surface area is 185 Å². The van der Waals surface area contributed by atoms with E-state index >= 15 is 0 Å². The summed E-state index contributed by atoms with van der Waals surface area (Å²) >= 11 is 1.17. The van der Waals surface area contributed by atoms with Gasteiger partial charge in [0.25, 0.3) is 5.91 Å². The maximum Gasteiger partial charge on any atom is 0.330 e. The van der Waals surface area contributed by atoms with E-state index in [2.05, 4.69) is 40.6 Å². The third-order valence-electron chi connectivity index (χ3n) is 5.59. The lowest BCUT2D eigenvalue weighted by Gasteiger charge is -2.33. The summed E-state index contributed by atoms with van der Waals surface area (Å²) in [7, 11) is 1.78. The van der Waals surface area contributed by atoms with Crippen LogP contribution in [0.4, 0.5) is 5.82 Å². The Morgan fingerprint density at radius 1 is 1.32 bits per heavy atom. The third-order valence-corrected chi connectivity index (χ3v) is 6.09. The van der Waals surface area contributed by atoms with Crippen molar-refractivity contribution >= 4 is 34.4 Å². The Hall–Kier alpha value is -2.75. The molecule has 0 bridgehead atoms. The molecule has 3 aromatic heterocycles. The van der Waals surface area contributed by atoms with Crippen molar-refractivity contribution in [2.45, 2.75) is 40.2 Å². The molecule has 1 aliphatic heterocycles. The summed E-state index contributed by atoms with van der Waals surface area (Å²) in [6.45, 7) is 9.33. The van der Waals surface area contributed by atoms with Crippen LogP contribution in [0.1, 0.15) is 44.1 Å². The van der Waals surface area contributed by atoms with Crippen molar-refractivity contribution in [1.82, 2.24) is 29.0 Å². The molecule has 1 amide bonds. The van der Waals surface area contributed by atoms with E-state index in [0.717, 1.165) is 37.3 Å². The summed E-state index contributed by atoms with van der Waals surface area (Å²) in [5.41, 5.74) is 1.90. The molecule has 0 saturated carbocycles. The number of piperidine rings is 1. The molecule has 9 nitrogen and oxygen atoms in total. The highest BCUT2D eigenvalue weighted by Crippen LogP contribution is 2.25. The van der Waals surface area contributed by atoms with E-state index in [0.29, 0.717) is 30.3 Å². The van der Waals surface area contributed by atoms with E-state index in [1.165, 1.54) is 11.5 Å². The van der Waals surface area contributed by atoms with Crippen LogP contribution >= 0.6 is 11.5 Å². The van der Waals surface area contributed by atoms with E-state index in [-0.39, 0.29) is 17.0 Å². The highest BCUT2D eigenvalue weighted by atomic mass is 32.1. The van der Waals surface area contributed by atoms with Crippen molar-refractivity contribution in [3.8, 4) is 0 Å². The Kier molecular flexibility index (Phi) is 5.83. The molecular formula is C21H29N7O2S. The fourth-order valence-electron chi connectivity index (χ4n) is 4.10. The predicted octanol–water partition coefficient (Wildman–Crippen LogP) is 2.28. The van der Waals surface area contributed by atoms with Gasteiger partial charge in [-0.1, -0.05) is 25.3 Å². The number of amides is 1. The number of aryl methyl sites for hydroxylation is 1. The second-order valence-corrected chi connectivity index (χ2v) is 10.1. The molecule has 4 rings (SSSR count). The zero-order valence-electron chi connectivity index (χ0n) is 18.5. The molecule has 1 atom stereocenters. The molecule has 3 aromatic rings. The maximum absolute atomic E-state index is 12.8. The van der Waals surface area contributed by atoms with Gasteiger partial charge in [0.2, 0.25) is 0 Å². The fourth-order valence-corrected chi connectivity index (χ4v) is 4.53. The maximum atomic E-state index is 12.8. The van der Waals surface area contributed by atoms with Crippen LogP contribution in [-0.4, -0.2) is 49.2 Å². The number of aromatic nitrogens is 5. The highest BCUT2D eigenvalue weighted by Gasteiger charge is 2.24. The molecule has 4 heterocycles. The largest absolute Gasteiger partial charge is 0.356 e. The molecule has 0 aliphatic carbocycles. The number of carbonyl (C=O) groups is 1. The highest BCUT2D eigenvalue weighted by molar-refractivity contribution is 7.03. The number of hydrogen-bond acceptors (Lipinski definition) is 7. The SMILES string of the molecule is Cn1c(=O)n(CC(C)(C)C)c2ccc(N3CCCC(CNC(=O)c4csnn4)C3)nc21. The minimum absolute atomic E-state index is 0.00406. The number of nitrogens with zero attached hydrogens (tertiary/aromatic N) is 6. The molecule has 0 spiro atoms. The van der Waals surface area contributed by atoms with Gasteiger partial charge in [-0.2, -0.15) is 0 Å². The first-order chi connectivity index (χ1) is 14.7. The molecule has 1 N–H and O–H groups in total.